The monoisotopic (exact) mass is 375 g/mol. The Morgan fingerprint density at radius 2 is 1.96 bits per heavy atom. The van der Waals surface area contributed by atoms with E-state index in [1.54, 1.807) is 30.3 Å². The van der Waals surface area contributed by atoms with Crippen LogP contribution in [-0.2, 0) is 11.4 Å². The molecular weight excluding hydrogens is 362 g/mol. The molecule has 25 heavy (non-hydrogen) atoms. The Morgan fingerprint density at radius 1 is 1.16 bits per heavy atom. The lowest BCUT2D eigenvalue weighted by Crippen LogP contribution is -2.17. The molecule has 1 heterocycles. The fourth-order valence-electron chi connectivity index (χ4n) is 2.24. The number of hydrogen-bond acceptors (Lipinski definition) is 5. The fourth-order valence-corrected chi connectivity index (χ4v) is 3.11. The van der Waals surface area contributed by atoms with Crippen LogP contribution in [0.1, 0.15) is 11.1 Å². The Hall–Kier alpha value is -2.44. The summed E-state index contributed by atoms with van der Waals surface area (Å²) in [6.07, 6.45) is 1.63. The van der Waals surface area contributed by atoms with Crippen LogP contribution in [-0.4, -0.2) is 18.3 Å². The number of methoxy groups -OCH3 is 1. The first-order valence-electron chi connectivity index (χ1n) is 7.36. The van der Waals surface area contributed by atoms with E-state index in [1.807, 2.05) is 18.2 Å². The second-order valence-electron chi connectivity index (χ2n) is 5.14. The summed E-state index contributed by atoms with van der Waals surface area (Å²) < 4.78 is 11.1. The van der Waals surface area contributed by atoms with Gasteiger partial charge in [-0.15, -0.1) is 0 Å². The summed E-state index contributed by atoms with van der Waals surface area (Å²) in [7, 11) is 1.54. The summed E-state index contributed by atoms with van der Waals surface area (Å²) >= 11 is 6.99. The SMILES string of the molecule is COc1cc(/C=C2/SC(=O)NC2=O)ccc1OCc1ccccc1Cl. The topological polar surface area (TPSA) is 64.6 Å². The van der Waals surface area contributed by atoms with Crippen LogP contribution in [0.25, 0.3) is 6.08 Å². The van der Waals surface area contributed by atoms with Crippen molar-refractivity contribution < 1.29 is 19.1 Å². The predicted octanol–water partition coefficient (Wildman–Crippen LogP) is 4.25. The average molecular weight is 376 g/mol. The minimum Gasteiger partial charge on any atom is -0.493 e. The highest BCUT2D eigenvalue weighted by molar-refractivity contribution is 8.18. The standard InChI is InChI=1S/C18H14ClNO4S/c1-23-15-8-11(9-16-17(21)20-18(22)25-16)6-7-14(15)24-10-12-4-2-3-5-13(12)19/h2-9H,10H2,1H3,(H,20,21,22)/b16-9+. The second-order valence-corrected chi connectivity index (χ2v) is 6.56. The smallest absolute Gasteiger partial charge is 0.290 e. The van der Waals surface area contributed by atoms with E-state index >= 15 is 0 Å². The van der Waals surface area contributed by atoms with Gasteiger partial charge in [0.05, 0.1) is 12.0 Å². The Balaban J connectivity index is 1.78. The van der Waals surface area contributed by atoms with Gasteiger partial charge in [0, 0.05) is 10.6 Å². The minimum absolute atomic E-state index is 0.309. The summed E-state index contributed by atoms with van der Waals surface area (Å²) in [5, 5.41) is 2.48. The van der Waals surface area contributed by atoms with Crippen molar-refractivity contribution in [3.8, 4) is 11.5 Å². The van der Waals surface area contributed by atoms with E-state index in [-0.39, 0.29) is 5.24 Å². The molecule has 3 rings (SSSR count). The molecule has 2 aromatic carbocycles. The van der Waals surface area contributed by atoms with Gasteiger partial charge in [-0.2, -0.15) is 0 Å². The van der Waals surface area contributed by atoms with Crippen LogP contribution < -0.4 is 14.8 Å². The van der Waals surface area contributed by atoms with Crippen LogP contribution in [0.4, 0.5) is 4.79 Å². The summed E-state index contributed by atoms with van der Waals surface area (Å²) in [6, 6.07) is 12.7. The van der Waals surface area contributed by atoms with Gasteiger partial charge in [0.1, 0.15) is 6.61 Å². The molecule has 1 aliphatic heterocycles. The van der Waals surface area contributed by atoms with Crippen molar-refractivity contribution in [3.63, 3.8) is 0 Å². The van der Waals surface area contributed by atoms with Gasteiger partial charge in [0.15, 0.2) is 11.5 Å². The maximum absolute atomic E-state index is 11.6. The van der Waals surface area contributed by atoms with Crippen molar-refractivity contribution in [3.05, 3.63) is 63.5 Å². The van der Waals surface area contributed by atoms with E-state index in [0.717, 1.165) is 22.9 Å². The first kappa shape index (κ1) is 17.4. The molecule has 0 aliphatic carbocycles. The number of carbonyl (C=O) groups is 2. The summed E-state index contributed by atoms with van der Waals surface area (Å²) in [5.74, 6) is 0.688. The van der Waals surface area contributed by atoms with E-state index in [1.165, 1.54) is 7.11 Å². The molecule has 0 saturated carbocycles. The van der Waals surface area contributed by atoms with Crippen molar-refractivity contribution in [1.29, 1.82) is 0 Å². The van der Waals surface area contributed by atoms with Crippen LogP contribution in [0.2, 0.25) is 5.02 Å². The summed E-state index contributed by atoms with van der Waals surface area (Å²) in [6.45, 7) is 0.309. The quantitative estimate of drug-likeness (QED) is 0.791. The Kier molecular flexibility index (Phi) is 5.31. The summed E-state index contributed by atoms with van der Waals surface area (Å²) in [4.78, 5) is 23.2. The van der Waals surface area contributed by atoms with Gasteiger partial charge < -0.3 is 9.47 Å². The number of imide groups is 1. The Morgan fingerprint density at radius 3 is 2.64 bits per heavy atom. The normalized spacial score (nSPS) is 15.4. The second kappa shape index (κ2) is 7.63. The third kappa shape index (κ3) is 4.15. The highest BCUT2D eigenvalue weighted by Crippen LogP contribution is 2.32. The largest absolute Gasteiger partial charge is 0.493 e. The van der Waals surface area contributed by atoms with Crippen molar-refractivity contribution in [2.24, 2.45) is 0 Å². The molecule has 0 atom stereocenters. The lowest BCUT2D eigenvalue weighted by Gasteiger charge is -2.12. The van der Waals surface area contributed by atoms with Gasteiger partial charge >= 0.3 is 0 Å². The Bertz CT molecular complexity index is 866. The number of carbonyl (C=O) groups excluding carboxylic acids is 2. The van der Waals surface area contributed by atoms with E-state index in [4.69, 9.17) is 21.1 Å². The van der Waals surface area contributed by atoms with Gasteiger partial charge in [-0.25, -0.2) is 0 Å². The molecule has 1 aliphatic rings. The van der Waals surface area contributed by atoms with Crippen molar-refractivity contribution in [1.82, 2.24) is 5.32 Å². The number of benzene rings is 2. The van der Waals surface area contributed by atoms with E-state index in [9.17, 15) is 9.59 Å². The predicted molar refractivity (Wildman–Crippen MR) is 97.9 cm³/mol. The lowest BCUT2D eigenvalue weighted by molar-refractivity contribution is -0.115. The molecule has 0 spiro atoms. The molecule has 0 bridgehead atoms. The molecule has 1 N–H and O–H groups in total. The maximum Gasteiger partial charge on any atom is 0.290 e. The molecule has 0 radical (unpaired) electrons. The molecule has 2 amide bonds. The van der Waals surface area contributed by atoms with Gasteiger partial charge in [0.2, 0.25) is 0 Å². The third-order valence-corrected chi connectivity index (χ3v) is 4.65. The van der Waals surface area contributed by atoms with E-state index in [0.29, 0.717) is 28.0 Å². The molecule has 1 saturated heterocycles. The molecule has 5 nitrogen and oxygen atoms in total. The molecule has 0 aromatic heterocycles. The van der Waals surface area contributed by atoms with Crippen LogP contribution in [0.3, 0.4) is 0 Å². The number of ether oxygens (including phenoxy) is 2. The Labute approximate surface area is 154 Å². The zero-order chi connectivity index (χ0) is 17.8. The average Bonchev–Trinajstić information content (AvgIpc) is 2.92. The number of nitrogens with one attached hydrogen (secondary N) is 1. The van der Waals surface area contributed by atoms with Gasteiger partial charge in [0.25, 0.3) is 11.1 Å². The maximum atomic E-state index is 11.6. The number of thioether (sulfide) groups is 1. The highest BCUT2D eigenvalue weighted by Gasteiger charge is 2.25. The zero-order valence-electron chi connectivity index (χ0n) is 13.2. The molecule has 1 fully saturated rings. The number of hydrogen-bond donors (Lipinski definition) is 1. The lowest BCUT2D eigenvalue weighted by atomic mass is 10.2. The van der Waals surface area contributed by atoms with Crippen LogP contribution in [0.5, 0.6) is 11.5 Å². The van der Waals surface area contributed by atoms with E-state index in [2.05, 4.69) is 5.32 Å². The minimum atomic E-state index is -0.395. The van der Waals surface area contributed by atoms with Crippen molar-refractivity contribution >= 4 is 40.6 Å². The molecule has 7 heteroatoms. The molecule has 0 unspecified atom stereocenters. The number of halogens is 1. The van der Waals surface area contributed by atoms with E-state index < -0.39 is 5.91 Å². The first-order valence-corrected chi connectivity index (χ1v) is 8.55. The first-order chi connectivity index (χ1) is 12.1. The van der Waals surface area contributed by atoms with Crippen molar-refractivity contribution in [2.75, 3.05) is 7.11 Å². The summed E-state index contributed by atoms with van der Waals surface area (Å²) in [5.41, 5.74) is 1.60. The molecular formula is C18H14ClNO4S. The molecule has 128 valence electrons. The van der Waals surface area contributed by atoms with Crippen molar-refractivity contribution in [2.45, 2.75) is 6.61 Å². The number of amides is 2. The fraction of sp³-hybridized carbons (Fsp3) is 0.111. The number of rotatable bonds is 5. The third-order valence-electron chi connectivity index (χ3n) is 3.47. The van der Waals surface area contributed by atoms with Gasteiger partial charge in [-0.1, -0.05) is 35.9 Å². The van der Waals surface area contributed by atoms with Gasteiger partial charge in [-0.3, -0.25) is 14.9 Å². The van der Waals surface area contributed by atoms with Gasteiger partial charge in [-0.05, 0) is 41.6 Å². The zero-order valence-corrected chi connectivity index (χ0v) is 14.8. The van der Waals surface area contributed by atoms with Crippen LogP contribution in [0, 0.1) is 0 Å². The van der Waals surface area contributed by atoms with Crippen LogP contribution >= 0.6 is 23.4 Å². The highest BCUT2D eigenvalue weighted by atomic mass is 35.5. The van der Waals surface area contributed by atoms with Crippen LogP contribution in [0.15, 0.2) is 47.4 Å². The molecule has 2 aromatic rings.